The molecule has 1 aromatic carbocycles. The molecule has 0 unspecified atom stereocenters. The van der Waals surface area contributed by atoms with E-state index in [1.54, 1.807) is 0 Å². The molecule has 0 bridgehead atoms. The summed E-state index contributed by atoms with van der Waals surface area (Å²) in [6, 6.07) is 2.95. The smallest absolute Gasteiger partial charge is 0.387 e. The predicted molar refractivity (Wildman–Crippen MR) is 64.3 cm³/mol. The first-order valence-electron chi connectivity index (χ1n) is 4.96. The maximum Gasteiger partial charge on any atom is 0.387 e. The minimum atomic E-state index is -2.97. The molecule has 19 heavy (non-hydrogen) atoms. The van der Waals surface area contributed by atoms with E-state index in [2.05, 4.69) is 10.1 Å². The van der Waals surface area contributed by atoms with Crippen molar-refractivity contribution in [3.05, 3.63) is 23.2 Å². The number of carbonyl (C=O) groups excluding carboxylic acids is 2. The van der Waals surface area contributed by atoms with Crippen LogP contribution < -0.4 is 21.1 Å². The van der Waals surface area contributed by atoms with Crippen LogP contribution in [-0.2, 0) is 4.79 Å². The fourth-order valence-corrected chi connectivity index (χ4v) is 1.39. The van der Waals surface area contributed by atoms with E-state index in [0.717, 1.165) is 0 Å². The highest BCUT2D eigenvalue weighted by Crippen LogP contribution is 2.28. The van der Waals surface area contributed by atoms with Gasteiger partial charge in [-0.15, -0.1) is 0 Å². The quantitative estimate of drug-likeness (QED) is 0.768. The Balaban J connectivity index is 2.58. The molecular formula is C10H10ClF2N3O3. The number of benzene rings is 1. The summed E-state index contributed by atoms with van der Waals surface area (Å²) in [5.74, 6) is -0.819. The molecule has 104 valence electrons. The molecule has 0 saturated carbocycles. The first-order chi connectivity index (χ1) is 8.88. The van der Waals surface area contributed by atoms with E-state index < -0.39 is 18.5 Å². The number of primary amides is 1. The van der Waals surface area contributed by atoms with Gasteiger partial charge in [0.2, 0.25) is 5.91 Å². The average Bonchev–Trinajstić information content (AvgIpc) is 2.28. The van der Waals surface area contributed by atoms with Crippen LogP contribution in [0.4, 0.5) is 19.3 Å². The van der Waals surface area contributed by atoms with Gasteiger partial charge in [-0.05, 0) is 18.2 Å². The van der Waals surface area contributed by atoms with Crippen molar-refractivity contribution in [2.75, 3.05) is 11.9 Å². The fourth-order valence-electron chi connectivity index (χ4n) is 1.17. The van der Waals surface area contributed by atoms with E-state index in [1.807, 2.05) is 5.32 Å². The lowest BCUT2D eigenvalue weighted by Crippen LogP contribution is -2.38. The molecule has 0 saturated heterocycles. The Hall–Kier alpha value is -2.09. The topological polar surface area (TPSA) is 93.5 Å². The lowest BCUT2D eigenvalue weighted by Gasteiger charge is -2.09. The largest absolute Gasteiger partial charge is 0.433 e. The van der Waals surface area contributed by atoms with E-state index in [-0.39, 0.29) is 17.3 Å². The summed E-state index contributed by atoms with van der Waals surface area (Å²) in [6.45, 7) is -3.20. The molecule has 0 atom stereocenters. The van der Waals surface area contributed by atoms with Crippen LogP contribution in [-0.4, -0.2) is 25.1 Å². The van der Waals surface area contributed by atoms with Gasteiger partial charge in [0.05, 0.1) is 11.6 Å². The number of halogens is 3. The van der Waals surface area contributed by atoms with Gasteiger partial charge >= 0.3 is 12.6 Å². The number of urea groups is 1. The molecule has 0 aliphatic rings. The van der Waals surface area contributed by atoms with Gasteiger partial charge in [0.1, 0.15) is 5.75 Å². The van der Waals surface area contributed by atoms with Crippen molar-refractivity contribution in [2.45, 2.75) is 6.61 Å². The molecule has 9 heteroatoms. The zero-order valence-corrected chi connectivity index (χ0v) is 10.2. The van der Waals surface area contributed by atoms with E-state index in [1.165, 1.54) is 18.2 Å². The van der Waals surface area contributed by atoms with Crippen molar-refractivity contribution in [3.63, 3.8) is 0 Å². The summed E-state index contributed by atoms with van der Waals surface area (Å²) in [4.78, 5) is 21.5. The van der Waals surface area contributed by atoms with Gasteiger partial charge < -0.3 is 15.8 Å². The van der Waals surface area contributed by atoms with Gasteiger partial charge in [0.15, 0.2) is 0 Å². The molecule has 0 radical (unpaired) electrons. The summed E-state index contributed by atoms with van der Waals surface area (Å²) in [5, 5.41) is 4.43. The van der Waals surface area contributed by atoms with Crippen LogP contribution in [0.3, 0.4) is 0 Å². The number of nitrogens with two attached hydrogens (primary N) is 1. The van der Waals surface area contributed by atoms with Crippen LogP contribution in [0.25, 0.3) is 0 Å². The Labute approximate surface area is 111 Å². The maximum atomic E-state index is 12.0. The van der Waals surface area contributed by atoms with Gasteiger partial charge in [0, 0.05) is 5.69 Å². The standard InChI is InChI=1S/C10H10ClF2N3O3/c11-6-3-5(1-2-7(6)19-9(12)13)15-4-8(17)16-10(14)18/h1-3,9,15H,4H2,(H3,14,16,17,18). The predicted octanol–water partition coefficient (Wildman–Crippen LogP) is 1.55. The molecular weight excluding hydrogens is 284 g/mol. The van der Waals surface area contributed by atoms with Gasteiger partial charge in [-0.2, -0.15) is 8.78 Å². The first kappa shape index (κ1) is 15.0. The SMILES string of the molecule is NC(=O)NC(=O)CNc1ccc(OC(F)F)c(Cl)c1. The Morgan fingerprint density at radius 2 is 2.11 bits per heavy atom. The van der Waals surface area contributed by atoms with E-state index in [9.17, 15) is 18.4 Å². The van der Waals surface area contributed by atoms with Crippen LogP contribution in [0.15, 0.2) is 18.2 Å². The molecule has 1 rings (SSSR count). The molecule has 3 amide bonds. The van der Waals surface area contributed by atoms with Crippen LogP contribution in [0.1, 0.15) is 0 Å². The summed E-state index contributed by atoms with van der Waals surface area (Å²) >= 11 is 5.70. The first-order valence-corrected chi connectivity index (χ1v) is 5.34. The van der Waals surface area contributed by atoms with Crippen molar-refractivity contribution >= 4 is 29.2 Å². The van der Waals surface area contributed by atoms with E-state index in [0.29, 0.717) is 5.69 Å². The molecule has 0 fully saturated rings. The third-order valence-corrected chi connectivity index (χ3v) is 2.16. The second kappa shape index (κ2) is 6.74. The number of alkyl halides is 2. The van der Waals surface area contributed by atoms with Gasteiger partial charge in [-0.3, -0.25) is 10.1 Å². The molecule has 1 aromatic rings. The van der Waals surface area contributed by atoms with Crippen LogP contribution in [0.2, 0.25) is 5.02 Å². The highest BCUT2D eigenvalue weighted by atomic mass is 35.5. The van der Waals surface area contributed by atoms with Crippen molar-refractivity contribution in [1.29, 1.82) is 0 Å². The second-order valence-electron chi connectivity index (χ2n) is 3.29. The number of hydrogen-bond acceptors (Lipinski definition) is 4. The monoisotopic (exact) mass is 293 g/mol. The number of amides is 3. The molecule has 6 nitrogen and oxygen atoms in total. The number of carbonyl (C=O) groups is 2. The number of ether oxygens (including phenoxy) is 1. The molecule has 0 aliphatic heterocycles. The van der Waals surface area contributed by atoms with Crippen molar-refractivity contribution < 1.29 is 23.1 Å². The highest BCUT2D eigenvalue weighted by Gasteiger charge is 2.09. The minimum absolute atomic E-state index is 0.0411. The summed E-state index contributed by atoms with van der Waals surface area (Å²) in [6.07, 6.45) is 0. The Morgan fingerprint density at radius 1 is 1.42 bits per heavy atom. The van der Waals surface area contributed by atoms with E-state index >= 15 is 0 Å². The Kier molecular flexibility index (Phi) is 5.31. The zero-order valence-electron chi connectivity index (χ0n) is 9.45. The highest BCUT2D eigenvalue weighted by molar-refractivity contribution is 6.32. The number of hydrogen-bond donors (Lipinski definition) is 3. The number of rotatable bonds is 5. The third-order valence-electron chi connectivity index (χ3n) is 1.86. The third kappa shape index (κ3) is 5.38. The Morgan fingerprint density at radius 3 is 2.63 bits per heavy atom. The summed E-state index contributed by atoms with van der Waals surface area (Å²) < 4.78 is 28.1. The molecule has 0 heterocycles. The fraction of sp³-hybridized carbons (Fsp3) is 0.200. The number of anilines is 1. The van der Waals surface area contributed by atoms with Crippen LogP contribution >= 0.6 is 11.6 Å². The lowest BCUT2D eigenvalue weighted by atomic mass is 10.3. The van der Waals surface area contributed by atoms with Gasteiger partial charge in [-0.25, -0.2) is 4.79 Å². The molecule has 0 spiro atoms. The zero-order chi connectivity index (χ0) is 14.4. The van der Waals surface area contributed by atoms with Gasteiger partial charge in [0.25, 0.3) is 0 Å². The normalized spacial score (nSPS) is 10.1. The maximum absolute atomic E-state index is 12.0. The summed E-state index contributed by atoms with van der Waals surface area (Å²) in [5.41, 5.74) is 5.14. The van der Waals surface area contributed by atoms with Crippen LogP contribution in [0.5, 0.6) is 5.75 Å². The molecule has 0 aliphatic carbocycles. The minimum Gasteiger partial charge on any atom is -0.433 e. The average molecular weight is 294 g/mol. The van der Waals surface area contributed by atoms with E-state index in [4.69, 9.17) is 17.3 Å². The molecule has 0 aromatic heterocycles. The second-order valence-corrected chi connectivity index (χ2v) is 3.70. The van der Waals surface area contributed by atoms with Crippen LogP contribution in [0, 0.1) is 0 Å². The number of nitrogens with one attached hydrogen (secondary N) is 2. The van der Waals surface area contributed by atoms with Gasteiger partial charge in [-0.1, -0.05) is 11.6 Å². The number of imide groups is 1. The lowest BCUT2D eigenvalue weighted by molar-refractivity contribution is -0.118. The van der Waals surface area contributed by atoms with Crippen molar-refractivity contribution in [3.8, 4) is 5.75 Å². The molecule has 4 N–H and O–H groups in total. The Bertz CT molecular complexity index is 485. The van der Waals surface area contributed by atoms with Crippen molar-refractivity contribution in [1.82, 2.24) is 5.32 Å². The summed E-state index contributed by atoms with van der Waals surface area (Å²) in [7, 11) is 0. The van der Waals surface area contributed by atoms with Crippen molar-refractivity contribution in [2.24, 2.45) is 5.73 Å².